The third kappa shape index (κ3) is 4.61. The van der Waals surface area contributed by atoms with E-state index in [2.05, 4.69) is 16.3 Å². The molecule has 178 valence electrons. The molecule has 34 heavy (non-hydrogen) atoms. The molecule has 1 amide bonds. The molecule has 1 fully saturated rings. The monoisotopic (exact) mass is 497 g/mol. The van der Waals surface area contributed by atoms with Crippen LogP contribution in [0.1, 0.15) is 26.8 Å². The number of ether oxygens (including phenoxy) is 1. The third-order valence-electron chi connectivity index (χ3n) is 6.34. The number of para-hydroxylation sites is 1. The number of nitrogens with one attached hydrogen (secondary N) is 1. The molecular formula is C25H27N3O4S2. The molecule has 2 aromatic carbocycles. The van der Waals surface area contributed by atoms with Crippen LogP contribution in [0.25, 0.3) is 0 Å². The second-order valence-corrected chi connectivity index (χ2v) is 11.2. The molecule has 2 aliphatic rings. The van der Waals surface area contributed by atoms with E-state index in [1.165, 1.54) is 15.2 Å². The van der Waals surface area contributed by atoms with Gasteiger partial charge in [0.05, 0.1) is 29.8 Å². The Morgan fingerprint density at radius 3 is 2.65 bits per heavy atom. The first-order chi connectivity index (χ1) is 16.5. The summed E-state index contributed by atoms with van der Waals surface area (Å²) in [5.41, 5.74) is 2.06. The van der Waals surface area contributed by atoms with Crippen molar-refractivity contribution in [2.45, 2.75) is 17.4 Å². The van der Waals surface area contributed by atoms with Crippen molar-refractivity contribution in [3.8, 4) is 0 Å². The minimum Gasteiger partial charge on any atom is -0.379 e. The second kappa shape index (κ2) is 9.87. The molecular weight excluding hydrogens is 470 g/mol. The van der Waals surface area contributed by atoms with E-state index in [-0.39, 0.29) is 16.8 Å². The van der Waals surface area contributed by atoms with Gasteiger partial charge in [-0.3, -0.25) is 14.0 Å². The number of fused-ring (bicyclic) bond motifs is 1. The van der Waals surface area contributed by atoms with Crippen LogP contribution in [0.15, 0.2) is 70.9 Å². The summed E-state index contributed by atoms with van der Waals surface area (Å²) in [4.78, 5) is 16.7. The van der Waals surface area contributed by atoms with Crippen molar-refractivity contribution in [1.82, 2.24) is 10.2 Å². The highest BCUT2D eigenvalue weighted by Crippen LogP contribution is 2.33. The summed E-state index contributed by atoms with van der Waals surface area (Å²) in [6.07, 6.45) is 0.682. The highest BCUT2D eigenvalue weighted by atomic mass is 32.2. The van der Waals surface area contributed by atoms with Gasteiger partial charge in [0, 0.05) is 36.6 Å². The minimum atomic E-state index is -3.76. The van der Waals surface area contributed by atoms with E-state index in [4.69, 9.17) is 4.74 Å². The van der Waals surface area contributed by atoms with Gasteiger partial charge in [0.15, 0.2) is 0 Å². The van der Waals surface area contributed by atoms with E-state index in [1.807, 2.05) is 35.7 Å². The van der Waals surface area contributed by atoms with E-state index >= 15 is 0 Å². The summed E-state index contributed by atoms with van der Waals surface area (Å²) in [5, 5.41) is 5.06. The predicted octanol–water partition coefficient (Wildman–Crippen LogP) is 3.30. The summed E-state index contributed by atoms with van der Waals surface area (Å²) < 4.78 is 33.7. The van der Waals surface area contributed by atoms with E-state index < -0.39 is 10.0 Å². The number of carbonyl (C=O) groups is 1. The Morgan fingerprint density at radius 2 is 1.85 bits per heavy atom. The summed E-state index contributed by atoms with van der Waals surface area (Å²) >= 11 is 1.67. The van der Waals surface area contributed by atoms with Gasteiger partial charge in [0.25, 0.3) is 15.9 Å². The molecule has 0 spiro atoms. The van der Waals surface area contributed by atoms with Crippen LogP contribution in [0.3, 0.4) is 0 Å². The summed E-state index contributed by atoms with van der Waals surface area (Å²) in [6.45, 7) is 3.81. The SMILES string of the molecule is O=C(NCC(c1cccs1)N1CCOCC1)c1cccc(S(=O)(=O)N2CCc3ccccc32)c1. The second-order valence-electron chi connectivity index (χ2n) is 8.37. The molecule has 1 N–H and O–H groups in total. The lowest BCUT2D eigenvalue weighted by atomic mass is 10.1. The summed E-state index contributed by atoms with van der Waals surface area (Å²) in [5.74, 6) is -0.284. The zero-order valence-corrected chi connectivity index (χ0v) is 20.4. The van der Waals surface area contributed by atoms with Gasteiger partial charge in [-0.05, 0) is 47.7 Å². The number of carbonyl (C=O) groups excluding carboxylic acids is 1. The molecule has 1 atom stereocenters. The number of rotatable bonds is 7. The Morgan fingerprint density at radius 1 is 1.03 bits per heavy atom. The van der Waals surface area contributed by atoms with Crippen LogP contribution in [-0.4, -0.2) is 58.6 Å². The average Bonchev–Trinajstić information content (AvgIpc) is 3.56. The molecule has 3 heterocycles. The summed E-state index contributed by atoms with van der Waals surface area (Å²) in [6, 6.07) is 18.0. The van der Waals surface area contributed by atoms with Gasteiger partial charge in [0.1, 0.15) is 0 Å². The van der Waals surface area contributed by atoms with Crippen LogP contribution in [0.2, 0.25) is 0 Å². The van der Waals surface area contributed by atoms with Gasteiger partial charge < -0.3 is 10.1 Å². The number of anilines is 1. The Hall–Kier alpha value is -2.72. The number of hydrogen-bond donors (Lipinski definition) is 1. The largest absolute Gasteiger partial charge is 0.379 e. The standard InChI is InChI=1S/C25H27N3O4S2/c29-25(26-18-23(24-9-4-16-33-24)27-12-14-32-15-13-27)20-6-3-7-21(17-20)34(30,31)28-11-10-19-5-1-2-8-22(19)28/h1-9,16-17,23H,10-15,18H2,(H,26,29). The molecule has 9 heteroatoms. The van der Waals surface area contributed by atoms with Gasteiger partial charge in [-0.25, -0.2) is 8.42 Å². The van der Waals surface area contributed by atoms with Crippen molar-refractivity contribution >= 4 is 33.0 Å². The fourth-order valence-corrected chi connectivity index (χ4v) is 6.96. The zero-order chi connectivity index (χ0) is 23.5. The van der Waals surface area contributed by atoms with E-state index in [9.17, 15) is 13.2 Å². The molecule has 3 aromatic rings. The number of amides is 1. The van der Waals surface area contributed by atoms with Crippen molar-refractivity contribution in [2.24, 2.45) is 0 Å². The highest BCUT2D eigenvalue weighted by molar-refractivity contribution is 7.92. The predicted molar refractivity (Wildman–Crippen MR) is 133 cm³/mol. The van der Waals surface area contributed by atoms with E-state index in [0.717, 1.165) is 18.7 Å². The molecule has 0 saturated carbocycles. The van der Waals surface area contributed by atoms with Crippen LogP contribution >= 0.6 is 11.3 Å². The Labute approximate surface area is 204 Å². The van der Waals surface area contributed by atoms with Gasteiger partial charge in [0.2, 0.25) is 0 Å². The maximum atomic E-state index is 13.4. The lowest BCUT2D eigenvalue weighted by Crippen LogP contribution is -2.43. The highest BCUT2D eigenvalue weighted by Gasteiger charge is 2.31. The smallest absolute Gasteiger partial charge is 0.264 e. The fraction of sp³-hybridized carbons (Fsp3) is 0.320. The van der Waals surface area contributed by atoms with Crippen LogP contribution in [0.4, 0.5) is 5.69 Å². The molecule has 5 rings (SSSR count). The van der Waals surface area contributed by atoms with Gasteiger partial charge >= 0.3 is 0 Å². The Bertz CT molecular complexity index is 1250. The van der Waals surface area contributed by atoms with Crippen molar-refractivity contribution in [3.63, 3.8) is 0 Å². The number of nitrogens with zero attached hydrogens (tertiary/aromatic N) is 2. The molecule has 7 nitrogen and oxygen atoms in total. The average molecular weight is 498 g/mol. The van der Waals surface area contributed by atoms with Crippen molar-refractivity contribution in [3.05, 3.63) is 82.0 Å². The topological polar surface area (TPSA) is 79.0 Å². The maximum Gasteiger partial charge on any atom is 0.264 e. The van der Waals surface area contributed by atoms with Crippen molar-refractivity contribution in [2.75, 3.05) is 43.7 Å². The maximum absolute atomic E-state index is 13.4. The Balaban J connectivity index is 1.32. The first kappa shape index (κ1) is 23.0. The molecule has 0 radical (unpaired) electrons. The zero-order valence-electron chi connectivity index (χ0n) is 18.7. The van der Waals surface area contributed by atoms with Crippen LogP contribution in [0.5, 0.6) is 0 Å². The summed E-state index contributed by atoms with van der Waals surface area (Å²) in [7, 11) is -3.76. The van der Waals surface area contributed by atoms with Gasteiger partial charge in [-0.1, -0.05) is 30.3 Å². The molecule has 1 aromatic heterocycles. The fourth-order valence-electron chi connectivity index (χ4n) is 4.55. The van der Waals surface area contributed by atoms with E-state index in [1.54, 1.807) is 29.5 Å². The quantitative estimate of drug-likeness (QED) is 0.542. The third-order valence-corrected chi connectivity index (χ3v) is 9.13. The van der Waals surface area contributed by atoms with Crippen molar-refractivity contribution in [1.29, 1.82) is 0 Å². The Kier molecular flexibility index (Phi) is 6.69. The molecule has 0 aliphatic carbocycles. The lowest BCUT2D eigenvalue weighted by molar-refractivity contribution is 0.0169. The number of benzene rings is 2. The minimum absolute atomic E-state index is 0.0564. The normalized spacial score (nSPS) is 17.4. The number of sulfonamides is 1. The number of thiophene rings is 1. The molecule has 0 bridgehead atoms. The van der Waals surface area contributed by atoms with Crippen LogP contribution < -0.4 is 9.62 Å². The van der Waals surface area contributed by atoms with Gasteiger partial charge in [-0.2, -0.15) is 0 Å². The first-order valence-corrected chi connectivity index (χ1v) is 13.7. The van der Waals surface area contributed by atoms with Gasteiger partial charge in [-0.15, -0.1) is 11.3 Å². The first-order valence-electron chi connectivity index (χ1n) is 11.4. The number of hydrogen-bond acceptors (Lipinski definition) is 6. The molecule has 1 unspecified atom stereocenters. The molecule has 1 saturated heterocycles. The van der Waals surface area contributed by atoms with Crippen LogP contribution in [-0.2, 0) is 21.2 Å². The molecule has 2 aliphatic heterocycles. The lowest BCUT2D eigenvalue weighted by Gasteiger charge is -2.34. The van der Waals surface area contributed by atoms with E-state index in [0.29, 0.717) is 44.0 Å². The van der Waals surface area contributed by atoms with Crippen molar-refractivity contribution < 1.29 is 17.9 Å². The number of morpholine rings is 1. The van der Waals surface area contributed by atoms with Crippen LogP contribution in [0, 0.1) is 0 Å².